The summed E-state index contributed by atoms with van der Waals surface area (Å²) in [5.41, 5.74) is 0. The molecular weight excluding hydrogens is 206 g/mol. The molecule has 0 unspecified atom stereocenters. The zero-order chi connectivity index (χ0) is 11.1. The van der Waals surface area contributed by atoms with Crippen LogP contribution in [0.4, 0.5) is 0 Å². The van der Waals surface area contributed by atoms with Gasteiger partial charge in [-0.3, -0.25) is 5.10 Å². The lowest BCUT2D eigenvalue weighted by molar-refractivity contribution is 0.707. The first kappa shape index (κ1) is 11.7. The van der Waals surface area contributed by atoms with E-state index >= 15 is 0 Å². The monoisotopic (exact) mass is 221 g/mol. The van der Waals surface area contributed by atoms with Crippen LogP contribution in [0.25, 0.3) is 0 Å². The molecule has 1 heterocycles. The van der Waals surface area contributed by atoms with E-state index in [-0.39, 0.29) is 0 Å². The van der Waals surface area contributed by atoms with Crippen molar-refractivity contribution in [1.82, 2.24) is 14.8 Å². The molecule has 0 aliphatic heterocycles. The average molecular weight is 221 g/mol. The lowest BCUT2D eigenvalue weighted by Crippen LogP contribution is -2.00. The molecule has 0 fully saturated rings. The van der Waals surface area contributed by atoms with Crippen LogP contribution < -0.4 is 0 Å². The van der Waals surface area contributed by atoms with Crippen LogP contribution in [0.5, 0.6) is 0 Å². The highest BCUT2D eigenvalue weighted by Gasteiger charge is 2.00. The number of hydrogen-bond donors (Lipinski definition) is 1. The van der Waals surface area contributed by atoms with E-state index in [0.717, 1.165) is 18.8 Å². The first-order chi connectivity index (χ1) is 7.29. The van der Waals surface area contributed by atoms with Crippen molar-refractivity contribution in [3.8, 4) is 0 Å². The van der Waals surface area contributed by atoms with Gasteiger partial charge < -0.3 is 4.57 Å². The molecule has 0 aromatic carbocycles. The van der Waals surface area contributed by atoms with Gasteiger partial charge in [0.05, 0.1) is 0 Å². The fraction of sp³-hybridized carbons (Fsp3) is 0.273. The molecule has 0 radical (unpaired) electrons. The van der Waals surface area contributed by atoms with E-state index in [9.17, 15) is 0 Å². The predicted octanol–water partition coefficient (Wildman–Crippen LogP) is 2.80. The van der Waals surface area contributed by atoms with Gasteiger partial charge >= 0.3 is 0 Å². The topological polar surface area (TPSA) is 33.6 Å². The van der Waals surface area contributed by atoms with Gasteiger partial charge in [-0.05, 0) is 19.1 Å². The molecule has 0 aliphatic carbocycles. The van der Waals surface area contributed by atoms with Crippen molar-refractivity contribution in [1.29, 1.82) is 0 Å². The third-order valence-corrected chi connectivity index (χ3v) is 2.26. The third-order valence-electron chi connectivity index (χ3n) is 1.95. The number of hydrogen-bond acceptors (Lipinski definition) is 2. The summed E-state index contributed by atoms with van der Waals surface area (Å²) in [4.78, 5) is 0. The number of nitrogens with one attached hydrogen (secondary N) is 1. The van der Waals surface area contributed by atoms with Gasteiger partial charge in [0.1, 0.15) is 5.82 Å². The summed E-state index contributed by atoms with van der Waals surface area (Å²) in [7, 11) is 0. The van der Waals surface area contributed by atoms with E-state index in [2.05, 4.69) is 23.7 Å². The molecule has 0 atom stereocenters. The van der Waals surface area contributed by atoms with Crippen molar-refractivity contribution < 1.29 is 0 Å². The second-order valence-corrected chi connectivity index (χ2v) is 3.33. The molecule has 1 N–H and O–H groups in total. The maximum atomic E-state index is 5.09. The Morgan fingerprint density at radius 2 is 2.27 bits per heavy atom. The van der Waals surface area contributed by atoms with Crippen LogP contribution >= 0.6 is 12.2 Å². The van der Waals surface area contributed by atoms with Gasteiger partial charge in [-0.15, -0.1) is 0 Å². The van der Waals surface area contributed by atoms with Crippen LogP contribution in [-0.2, 0) is 13.0 Å². The van der Waals surface area contributed by atoms with E-state index in [4.69, 9.17) is 12.2 Å². The minimum absolute atomic E-state index is 0.683. The molecule has 3 nitrogen and oxygen atoms in total. The standard InChI is InChI=1S/C11H15N3S/c1-3-5-6-7-8-9-10-12-13-11(15)14(10)4-2/h3,5-8H,1,4,9H2,2H3,(H,13,15)/b6-5-,8-7-. The molecule has 15 heavy (non-hydrogen) atoms. The fourth-order valence-electron chi connectivity index (χ4n) is 1.23. The van der Waals surface area contributed by atoms with Gasteiger partial charge in [-0.25, -0.2) is 0 Å². The average Bonchev–Trinajstić information content (AvgIpc) is 2.59. The highest BCUT2D eigenvalue weighted by molar-refractivity contribution is 7.71. The van der Waals surface area contributed by atoms with Crippen molar-refractivity contribution >= 4 is 12.2 Å². The molecule has 0 bridgehead atoms. The number of aromatic nitrogens is 3. The van der Waals surface area contributed by atoms with Crippen LogP contribution in [0.15, 0.2) is 37.0 Å². The fourth-order valence-corrected chi connectivity index (χ4v) is 1.51. The Kier molecular flexibility index (Phi) is 4.77. The Labute approximate surface area is 94.8 Å². The molecule has 1 aromatic rings. The Balaban J connectivity index is 2.65. The summed E-state index contributed by atoms with van der Waals surface area (Å²) in [6, 6.07) is 0. The number of allylic oxidation sites excluding steroid dienone is 5. The van der Waals surface area contributed by atoms with Crippen molar-refractivity contribution in [3.63, 3.8) is 0 Å². The molecule has 0 amide bonds. The number of rotatable bonds is 5. The van der Waals surface area contributed by atoms with Gasteiger partial charge in [-0.2, -0.15) is 5.10 Å². The molecule has 0 aliphatic rings. The van der Waals surface area contributed by atoms with Crippen molar-refractivity contribution in [2.45, 2.75) is 19.9 Å². The van der Waals surface area contributed by atoms with Crippen LogP contribution in [0.1, 0.15) is 12.7 Å². The molecule has 0 spiro atoms. The van der Waals surface area contributed by atoms with Gasteiger partial charge in [-0.1, -0.05) is 37.0 Å². The van der Waals surface area contributed by atoms with Crippen LogP contribution in [0, 0.1) is 4.77 Å². The first-order valence-corrected chi connectivity index (χ1v) is 5.28. The molecule has 4 heteroatoms. The molecule has 1 aromatic heterocycles. The molecule has 80 valence electrons. The van der Waals surface area contributed by atoms with Crippen molar-refractivity contribution in [2.75, 3.05) is 0 Å². The number of nitrogens with zero attached hydrogens (tertiary/aromatic N) is 2. The summed E-state index contributed by atoms with van der Waals surface area (Å²) in [6.45, 7) is 6.49. The molecule has 1 rings (SSSR count). The van der Waals surface area contributed by atoms with Gasteiger partial charge in [0, 0.05) is 13.0 Å². The highest BCUT2D eigenvalue weighted by Crippen LogP contribution is 1.99. The Hall–Kier alpha value is -1.42. The van der Waals surface area contributed by atoms with E-state index in [1.165, 1.54) is 0 Å². The van der Waals surface area contributed by atoms with Gasteiger partial charge in [0.15, 0.2) is 4.77 Å². The first-order valence-electron chi connectivity index (χ1n) is 4.88. The second kappa shape index (κ2) is 6.14. The zero-order valence-corrected chi connectivity index (χ0v) is 9.63. The summed E-state index contributed by atoms with van der Waals surface area (Å²) < 4.78 is 2.67. The zero-order valence-electron chi connectivity index (χ0n) is 8.81. The van der Waals surface area contributed by atoms with Crippen LogP contribution in [-0.4, -0.2) is 14.8 Å². The molecular formula is C11H15N3S. The van der Waals surface area contributed by atoms with Crippen molar-refractivity contribution in [2.24, 2.45) is 0 Å². The maximum absolute atomic E-state index is 5.09. The number of H-pyrrole nitrogens is 1. The minimum Gasteiger partial charge on any atom is -0.304 e. The number of aromatic amines is 1. The van der Waals surface area contributed by atoms with E-state index < -0.39 is 0 Å². The van der Waals surface area contributed by atoms with Gasteiger partial charge in [0.2, 0.25) is 0 Å². The molecule has 0 saturated carbocycles. The second-order valence-electron chi connectivity index (χ2n) is 2.94. The van der Waals surface area contributed by atoms with Crippen LogP contribution in [0.2, 0.25) is 0 Å². The smallest absolute Gasteiger partial charge is 0.195 e. The SMILES string of the molecule is C=C/C=C\C=C/Cc1n[nH]c(=S)n1CC. The quantitative estimate of drug-likeness (QED) is 0.612. The normalized spacial score (nSPS) is 11.5. The highest BCUT2D eigenvalue weighted by atomic mass is 32.1. The summed E-state index contributed by atoms with van der Waals surface area (Å²) in [5.74, 6) is 0.964. The largest absolute Gasteiger partial charge is 0.304 e. The third kappa shape index (κ3) is 3.32. The van der Waals surface area contributed by atoms with Crippen LogP contribution in [0.3, 0.4) is 0 Å². The van der Waals surface area contributed by atoms with E-state index in [1.54, 1.807) is 6.08 Å². The van der Waals surface area contributed by atoms with Crippen molar-refractivity contribution in [3.05, 3.63) is 47.6 Å². The Morgan fingerprint density at radius 3 is 2.93 bits per heavy atom. The lowest BCUT2D eigenvalue weighted by Gasteiger charge is -1.98. The van der Waals surface area contributed by atoms with E-state index in [0.29, 0.717) is 4.77 Å². The Morgan fingerprint density at radius 1 is 1.47 bits per heavy atom. The molecule has 0 saturated heterocycles. The summed E-state index contributed by atoms with van der Waals surface area (Å²) in [6.07, 6.45) is 10.4. The summed E-state index contributed by atoms with van der Waals surface area (Å²) in [5, 5.41) is 6.94. The minimum atomic E-state index is 0.683. The Bertz CT molecular complexity index is 423. The predicted molar refractivity (Wildman–Crippen MR) is 65.3 cm³/mol. The maximum Gasteiger partial charge on any atom is 0.195 e. The van der Waals surface area contributed by atoms with E-state index in [1.807, 2.05) is 28.9 Å². The summed E-state index contributed by atoms with van der Waals surface area (Å²) >= 11 is 5.09. The van der Waals surface area contributed by atoms with Gasteiger partial charge in [0.25, 0.3) is 0 Å². The lowest BCUT2D eigenvalue weighted by atomic mass is 10.3.